The summed E-state index contributed by atoms with van der Waals surface area (Å²) in [7, 11) is 0. The molecule has 2 fully saturated rings. The largest absolute Gasteiger partial charge is 0.353 e. The maximum atomic E-state index is 12.7. The van der Waals surface area contributed by atoms with Gasteiger partial charge in [-0.2, -0.15) is 0 Å². The van der Waals surface area contributed by atoms with Gasteiger partial charge >= 0.3 is 0 Å². The molecule has 3 heterocycles. The van der Waals surface area contributed by atoms with E-state index in [-0.39, 0.29) is 23.4 Å². The average molecular weight is 522 g/mol. The van der Waals surface area contributed by atoms with Crippen molar-refractivity contribution >= 4 is 29.3 Å². The van der Waals surface area contributed by atoms with Crippen LogP contribution in [0.3, 0.4) is 0 Å². The maximum absolute atomic E-state index is 12.7. The molecule has 8 heteroatoms. The molecule has 3 aromatic rings. The van der Waals surface area contributed by atoms with Crippen LogP contribution >= 0.6 is 23.4 Å². The number of nitrogens with zero attached hydrogens (tertiary/aromatic N) is 3. The van der Waals surface area contributed by atoms with Crippen LogP contribution in [0.15, 0.2) is 79.1 Å². The minimum atomic E-state index is -0.164. The standard InChI is InChI=1S/C28H32ClN5OS/c29-24-10-8-22(9-11-24)26(21-5-2-1-3-6-21)34-17-15-33(16-18-34)14-13-31-27(35)25-20-36-28(32-25)23-7-4-12-30-19-23/h1-12,19,25-26,28,32H,13-18,20H2,(H,31,35)/t25?,26-,28?/m1/s1. The predicted molar refractivity (Wildman–Crippen MR) is 147 cm³/mol. The summed E-state index contributed by atoms with van der Waals surface area (Å²) in [6.45, 7) is 5.44. The van der Waals surface area contributed by atoms with Gasteiger partial charge in [-0.05, 0) is 34.9 Å². The molecule has 6 nitrogen and oxygen atoms in total. The van der Waals surface area contributed by atoms with Crippen molar-refractivity contribution in [3.05, 3.63) is 101 Å². The summed E-state index contributed by atoms with van der Waals surface area (Å²) in [6, 6.07) is 22.9. The van der Waals surface area contributed by atoms with Crippen molar-refractivity contribution in [3.63, 3.8) is 0 Å². The first-order valence-corrected chi connectivity index (χ1v) is 13.9. The van der Waals surface area contributed by atoms with Crippen molar-refractivity contribution in [1.29, 1.82) is 0 Å². The van der Waals surface area contributed by atoms with Crippen LogP contribution in [0.1, 0.15) is 28.1 Å². The number of hydrogen-bond acceptors (Lipinski definition) is 6. The normalized spacial score (nSPS) is 21.8. The van der Waals surface area contributed by atoms with Gasteiger partial charge in [0.05, 0.1) is 17.5 Å². The Morgan fingerprint density at radius 3 is 2.50 bits per heavy atom. The quantitative estimate of drug-likeness (QED) is 0.468. The Balaban J connectivity index is 1.10. The number of hydrogen-bond donors (Lipinski definition) is 2. The van der Waals surface area contributed by atoms with Crippen molar-refractivity contribution in [2.75, 3.05) is 45.0 Å². The molecule has 0 saturated carbocycles. The lowest BCUT2D eigenvalue weighted by Crippen LogP contribution is -2.50. The van der Waals surface area contributed by atoms with E-state index < -0.39 is 0 Å². The molecule has 2 aliphatic rings. The Kier molecular flexibility index (Phi) is 8.56. The van der Waals surface area contributed by atoms with Gasteiger partial charge in [-0.15, -0.1) is 11.8 Å². The fraction of sp³-hybridized carbons (Fsp3) is 0.357. The molecule has 36 heavy (non-hydrogen) atoms. The lowest BCUT2D eigenvalue weighted by Gasteiger charge is -2.40. The van der Waals surface area contributed by atoms with Crippen molar-refractivity contribution in [2.45, 2.75) is 17.5 Å². The molecule has 1 aromatic heterocycles. The van der Waals surface area contributed by atoms with Crippen molar-refractivity contribution in [1.82, 2.24) is 25.4 Å². The second kappa shape index (κ2) is 12.2. The van der Waals surface area contributed by atoms with Gasteiger partial charge in [-0.1, -0.05) is 60.1 Å². The molecule has 2 unspecified atom stereocenters. The van der Waals surface area contributed by atoms with E-state index in [1.807, 2.05) is 30.5 Å². The molecule has 0 bridgehead atoms. The fourth-order valence-electron chi connectivity index (χ4n) is 4.95. The third-order valence-corrected chi connectivity index (χ3v) is 8.41. The highest BCUT2D eigenvalue weighted by molar-refractivity contribution is 7.99. The summed E-state index contributed by atoms with van der Waals surface area (Å²) < 4.78 is 0. The number of benzene rings is 2. The third-order valence-electron chi connectivity index (χ3n) is 6.89. The van der Waals surface area contributed by atoms with E-state index in [1.165, 1.54) is 11.1 Å². The summed E-state index contributed by atoms with van der Waals surface area (Å²) >= 11 is 7.91. The number of aromatic nitrogens is 1. The lowest BCUT2D eigenvalue weighted by molar-refractivity contribution is -0.122. The number of carbonyl (C=O) groups excluding carboxylic acids is 1. The zero-order valence-electron chi connectivity index (χ0n) is 20.2. The Morgan fingerprint density at radius 2 is 1.78 bits per heavy atom. The second-order valence-electron chi connectivity index (χ2n) is 9.25. The summed E-state index contributed by atoms with van der Waals surface area (Å²) in [5.74, 6) is 0.856. The molecule has 188 valence electrons. The molecule has 3 atom stereocenters. The Labute approximate surface area is 222 Å². The van der Waals surface area contributed by atoms with Gasteiger partial charge in [0.15, 0.2) is 0 Å². The number of piperazine rings is 1. The number of halogens is 1. The van der Waals surface area contributed by atoms with Crippen LogP contribution in [0.4, 0.5) is 0 Å². The van der Waals surface area contributed by atoms with Gasteiger partial charge in [0.25, 0.3) is 0 Å². The fourth-order valence-corrected chi connectivity index (χ4v) is 6.30. The topological polar surface area (TPSA) is 60.5 Å². The van der Waals surface area contributed by atoms with Crippen LogP contribution in [-0.2, 0) is 4.79 Å². The first-order chi connectivity index (χ1) is 17.7. The van der Waals surface area contributed by atoms with E-state index >= 15 is 0 Å². The Morgan fingerprint density at radius 1 is 1.03 bits per heavy atom. The molecule has 2 aromatic carbocycles. The maximum Gasteiger partial charge on any atom is 0.238 e. The molecule has 0 aliphatic carbocycles. The van der Waals surface area contributed by atoms with Gasteiger partial charge in [0.1, 0.15) is 0 Å². The molecule has 2 N–H and O–H groups in total. The molecular weight excluding hydrogens is 490 g/mol. The second-order valence-corrected chi connectivity index (χ2v) is 10.8. The molecule has 1 amide bonds. The highest BCUT2D eigenvalue weighted by Gasteiger charge is 2.31. The zero-order chi connectivity index (χ0) is 24.7. The van der Waals surface area contributed by atoms with Gasteiger partial charge in [0, 0.05) is 62.4 Å². The summed E-state index contributed by atoms with van der Waals surface area (Å²) in [4.78, 5) is 21.9. The lowest BCUT2D eigenvalue weighted by atomic mass is 9.96. The Hall–Kier alpha value is -2.42. The van der Waals surface area contributed by atoms with E-state index in [0.29, 0.717) is 6.54 Å². The molecule has 2 aliphatic heterocycles. The van der Waals surface area contributed by atoms with Gasteiger partial charge in [-0.25, -0.2) is 0 Å². The number of rotatable bonds is 8. The SMILES string of the molecule is O=C(NCCN1CCN([C@H](c2ccccc2)c2ccc(Cl)cc2)CC1)C1CSC(c2cccnc2)N1. The van der Waals surface area contributed by atoms with Gasteiger partial charge in [0.2, 0.25) is 5.91 Å². The van der Waals surface area contributed by atoms with Crippen molar-refractivity contribution in [3.8, 4) is 0 Å². The smallest absolute Gasteiger partial charge is 0.238 e. The van der Waals surface area contributed by atoms with Gasteiger partial charge < -0.3 is 5.32 Å². The first-order valence-electron chi connectivity index (χ1n) is 12.5. The summed E-state index contributed by atoms with van der Waals surface area (Å²) in [5, 5.41) is 7.45. The van der Waals surface area contributed by atoms with Gasteiger partial charge in [-0.3, -0.25) is 24.9 Å². The van der Waals surface area contributed by atoms with Crippen LogP contribution in [0.2, 0.25) is 5.02 Å². The van der Waals surface area contributed by atoms with E-state index in [4.69, 9.17) is 11.6 Å². The number of amides is 1. The van der Waals surface area contributed by atoms with E-state index in [2.05, 4.69) is 67.9 Å². The van der Waals surface area contributed by atoms with Crippen LogP contribution in [-0.4, -0.2) is 71.8 Å². The highest BCUT2D eigenvalue weighted by atomic mass is 35.5. The first kappa shape index (κ1) is 25.2. The summed E-state index contributed by atoms with van der Waals surface area (Å²) in [5.41, 5.74) is 3.67. The predicted octanol–water partition coefficient (Wildman–Crippen LogP) is 3.96. The average Bonchev–Trinajstić information content (AvgIpc) is 3.43. The molecular formula is C28H32ClN5OS. The summed E-state index contributed by atoms with van der Waals surface area (Å²) in [6.07, 6.45) is 3.63. The molecule has 2 saturated heterocycles. The van der Waals surface area contributed by atoms with E-state index in [1.54, 1.807) is 18.0 Å². The van der Waals surface area contributed by atoms with Crippen LogP contribution < -0.4 is 10.6 Å². The highest BCUT2D eigenvalue weighted by Crippen LogP contribution is 2.32. The third kappa shape index (κ3) is 6.28. The number of thioether (sulfide) groups is 1. The van der Waals surface area contributed by atoms with Crippen molar-refractivity contribution in [2.24, 2.45) is 0 Å². The molecule has 5 rings (SSSR count). The van der Waals surface area contributed by atoms with Crippen LogP contribution in [0, 0.1) is 0 Å². The number of nitrogens with one attached hydrogen (secondary N) is 2. The van der Waals surface area contributed by atoms with E-state index in [0.717, 1.165) is 49.1 Å². The van der Waals surface area contributed by atoms with Crippen LogP contribution in [0.25, 0.3) is 0 Å². The Bertz CT molecular complexity index is 1110. The van der Waals surface area contributed by atoms with Crippen molar-refractivity contribution < 1.29 is 4.79 Å². The molecule has 0 radical (unpaired) electrons. The van der Waals surface area contributed by atoms with E-state index in [9.17, 15) is 4.79 Å². The number of carbonyl (C=O) groups is 1. The molecule has 0 spiro atoms. The minimum Gasteiger partial charge on any atom is -0.353 e. The zero-order valence-corrected chi connectivity index (χ0v) is 21.8. The van der Waals surface area contributed by atoms with Crippen LogP contribution in [0.5, 0.6) is 0 Å². The minimum absolute atomic E-state index is 0.0828. The monoisotopic (exact) mass is 521 g/mol. The number of pyridine rings is 1.